The van der Waals surface area contributed by atoms with Gasteiger partial charge in [-0.25, -0.2) is 0 Å². The Kier molecular flexibility index (Phi) is 3.82. The molecule has 0 spiro atoms. The molecule has 90 valence electrons. The largest absolute Gasteiger partial charge is 0.460 e. The molecule has 2 nitrogen and oxygen atoms in total. The summed E-state index contributed by atoms with van der Waals surface area (Å²) in [6.07, 6.45) is -5.06. The van der Waals surface area contributed by atoms with Crippen LogP contribution in [-0.4, -0.2) is 17.7 Å². The van der Waals surface area contributed by atoms with Gasteiger partial charge in [0.15, 0.2) is 0 Å². The third-order valence-corrected chi connectivity index (χ3v) is 1.77. The lowest BCUT2D eigenvalue weighted by atomic mass is 9.88. The zero-order valence-corrected chi connectivity index (χ0v) is 9.66. The zero-order chi connectivity index (χ0) is 12.5. The van der Waals surface area contributed by atoms with Crippen LogP contribution in [0.25, 0.3) is 0 Å². The van der Waals surface area contributed by atoms with Gasteiger partial charge in [-0.15, -0.1) is 0 Å². The first-order valence-corrected chi connectivity index (χ1v) is 4.64. The number of alkyl halides is 3. The number of halogens is 3. The van der Waals surface area contributed by atoms with Gasteiger partial charge in [0.25, 0.3) is 0 Å². The van der Waals surface area contributed by atoms with Gasteiger partial charge < -0.3 is 4.74 Å². The van der Waals surface area contributed by atoms with Crippen molar-refractivity contribution in [1.82, 2.24) is 0 Å². The molecule has 0 amide bonds. The molecule has 0 N–H and O–H groups in total. The SMILES string of the molecule is CC(C)(C)OC(=O)CC(C)(C)C(F)(F)F. The van der Waals surface area contributed by atoms with Crippen LogP contribution in [0.2, 0.25) is 0 Å². The third-order valence-electron chi connectivity index (χ3n) is 1.77. The predicted octanol–water partition coefficient (Wildman–Crippen LogP) is 3.31. The molecule has 0 atom stereocenters. The molecule has 0 radical (unpaired) electrons. The van der Waals surface area contributed by atoms with Gasteiger partial charge in [0.1, 0.15) is 5.60 Å². The number of carbonyl (C=O) groups is 1. The van der Waals surface area contributed by atoms with Crippen molar-refractivity contribution >= 4 is 5.97 Å². The summed E-state index contributed by atoms with van der Waals surface area (Å²) in [6, 6.07) is 0. The molecule has 5 heteroatoms. The third kappa shape index (κ3) is 5.04. The molecule has 0 aromatic carbocycles. The fourth-order valence-electron chi connectivity index (χ4n) is 0.839. The van der Waals surface area contributed by atoms with E-state index in [-0.39, 0.29) is 0 Å². The van der Waals surface area contributed by atoms with E-state index in [1.54, 1.807) is 20.8 Å². The molecule has 0 aliphatic rings. The number of hydrogen-bond acceptors (Lipinski definition) is 2. The minimum Gasteiger partial charge on any atom is -0.460 e. The highest BCUT2D eigenvalue weighted by molar-refractivity contribution is 5.70. The summed E-state index contributed by atoms with van der Waals surface area (Å²) in [4.78, 5) is 11.2. The van der Waals surface area contributed by atoms with Crippen molar-refractivity contribution in [1.29, 1.82) is 0 Å². The normalized spacial score (nSPS) is 13.9. The standard InChI is InChI=1S/C10H17F3O2/c1-8(2,3)15-7(14)6-9(4,5)10(11,12)13/h6H2,1-5H3. The van der Waals surface area contributed by atoms with Crippen molar-refractivity contribution in [2.45, 2.75) is 52.8 Å². The Morgan fingerprint density at radius 1 is 1.07 bits per heavy atom. The van der Waals surface area contributed by atoms with Crippen molar-refractivity contribution in [3.63, 3.8) is 0 Å². The summed E-state index contributed by atoms with van der Waals surface area (Å²) in [5.41, 5.74) is -2.80. The van der Waals surface area contributed by atoms with Gasteiger partial charge in [0.05, 0.1) is 11.8 Å². The summed E-state index contributed by atoms with van der Waals surface area (Å²) >= 11 is 0. The number of ether oxygens (including phenoxy) is 1. The number of hydrogen-bond donors (Lipinski definition) is 0. The lowest BCUT2D eigenvalue weighted by molar-refractivity contribution is -0.219. The van der Waals surface area contributed by atoms with E-state index in [2.05, 4.69) is 0 Å². The van der Waals surface area contributed by atoms with E-state index >= 15 is 0 Å². The minimum atomic E-state index is -4.40. The van der Waals surface area contributed by atoms with Crippen LogP contribution in [0, 0.1) is 5.41 Å². The Bertz CT molecular complexity index is 236. The smallest absolute Gasteiger partial charge is 0.394 e. The minimum absolute atomic E-state index is 0.659. The molecule has 0 fully saturated rings. The maximum Gasteiger partial charge on any atom is 0.394 e. The van der Waals surface area contributed by atoms with Crippen LogP contribution in [0.5, 0.6) is 0 Å². The van der Waals surface area contributed by atoms with E-state index in [0.717, 1.165) is 13.8 Å². The van der Waals surface area contributed by atoms with Crippen LogP contribution in [0.3, 0.4) is 0 Å². The van der Waals surface area contributed by atoms with Crippen molar-refractivity contribution in [2.24, 2.45) is 5.41 Å². The molecule has 0 unspecified atom stereocenters. The Morgan fingerprint density at radius 2 is 1.47 bits per heavy atom. The molecule has 0 aromatic rings. The fourth-order valence-corrected chi connectivity index (χ4v) is 0.839. The highest BCUT2D eigenvalue weighted by atomic mass is 19.4. The van der Waals surface area contributed by atoms with Gasteiger partial charge in [-0.1, -0.05) is 13.8 Å². The van der Waals surface area contributed by atoms with Crippen LogP contribution in [0.1, 0.15) is 41.0 Å². The second-order valence-corrected chi connectivity index (χ2v) is 5.14. The number of esters is 1. The monoisotopic (exact) mass is 226 g/mol. The lowest BCUT2D eigenvalue weighted by Crippen LogP contribution is -2.36. The fraction of sp³-hybridized carbons (Fsp3) is 0.900. The van der Waals surface area contributed by atoms with Gasteiger partial charge in [-0.05, 0) is 20.8 Å². The molecular formula is C10H17F3O2. The second-order valence-electron chi connectivity index (χ2n) is 5.14. The number of carbonyl (C=O) groups excluding carboxylic acids is 1. The van der Waals surface area contributed by atoms with E-state index in [1.807, 2.05) is 0 Å². The summed E-state index contributed by atoms with van der Waals surface area (Å²) in [6.45, 7) is 6.82. The predicted molar refractivity (Wildman–Crippen MR) is 50.3 cm³/mol. The molecule has 15 heavy (non-hydrogen) atoms. The lowest BCUT2D eigenvalue weighted by Gasteiger charge is -2.28. The molecular weight excluding hydrogens is 209 g/mol. The van der Waals surface area contributed by atoms with Crippen LogP contribution in [-0.2, 0) is 9.53 Å². The van der Waals surface area contributed by atoms with Crippen molar-refractivity contribution in [2.75, 3.05) is 0 Å². The zero-order valence-electron chi connectivity index (χ0n) is 9.66. The van der Waals surface area contributed by atoms with Gasteiger partial charge in [0, 0.05) is 0 Å². The highest BCUT2D eigenvalue weighted by Crippen LogP contribution is 2.40. The molecule has 0 saturated heterocycles. The van der Waals surface area contributed by atoms with Gasteiger partial charge in [-0.2, -0.15) is 13.2 Å². The molecule has 0 aliphatic carbocycles. The molecule has 0 rings (SSSR count). The Labute approximate surface area is 87.8 Å². The summed E-state index contributed by atoms with van der Waals surface area (Å²) in [5.74, 6) is -0.829. The van der Waals surface area contributed by atoms with Crippen LogP contribution >= 0.6 is 0 Å². The first-order valence-electron chi connectivity index (χ1n) is 4.64. The number of rotatable bonds is 2. The van der Waals surface area contributed by atoms with E-state index in [1.165, 1.54) is 0 Å². The maximum atomic E-state index is 12.4. The van der Waals surface area contributed by atoms with Gasteiger partial charge in [0.2, 0.25) is 0 Å². The van der Waals surface area contributed by atoms with E-state index in [4.69, 9.17) is 4.74 Å². The average Bonchev–Trinajstić information content (AvgIpc) is 1.75. The van der Waals surface area contributed by atoms with Crippen molar-refractivity contribution in [3.8, 4) is 0 Å². The first kappa shape index (κ1) is 14.3. The first-order chi connectivity index (χ1) is 6.35. The Morgan fingerprint density at radius 3 is 1.73 bits per heavy atom. The molecule has 0 aromatic heterocycles. The van der Waals surface area contributed by atoms with E-state index < -0.39 is 29.6 Å². The molecule has 0 heterocycles. The van der Waals surface area contributed by atoms with E-state index in [0.29, 0.717) is 0 Å². The van der Waals surface area contributed by atoms with Crippen LogP contribution in [0.4, 0.5) is 13.2 Å². The molecule has 0 bridgehead atoms. The topological polar surface area (TPSA) is 26.3 Å². The Hall–Kier alpha value is -0.740. The Balaban J connectivity index is 4.43. The highest BCUT2D eigenvalue weighted by Gasteiger charge is 2.49. The quantitative estimate of drug-likeness (QED) is 0.675. The van der Waals surface area contributed by atoms with E-state index in [9.17, 15) is 18.0 Å². The van der Waals surface area contributed by atoms with Crippen molar-refractivity contribution in [3.05, 3.63) is 0 Å². The van der Waals surface area contributed by atoms with Crippen molar-refractivity contribution < 1.29 is 22.7 Å². The maximum absolute atomic E-state index is 12.4. The summed E-state index contributed by atoms with van der Waals surface area (Å²) < 4.78 is 42.1. The summed E-state index contributed by atoms with van der Waals surface area (Å²) in [7, 11) is 0. The van der Waals surface area contributed by atoms with Gasteiger partial charge in [-0.3, -0.25) is 4.79 Å². The van der Waals surface area contributed by atoms with Crippen LogP contribution < -0.4 is 0 Å². The molecule has 0 saturated carbocycles. The molecule has 0 aliphatic heterocycles. The van der Waals surface area contributed by atoms with Crippen LogP contribution in [0.15, 0.2) is 0 Å². The second kappa shape index (κ2) is 4.02. The summed E-state index contributed by atoms with van der Waals surface area (Å²) in [5, 5.41) is 0. The average molecular weight is 226 g/mol. The van der Waals surface area contributed by atoms with Gasteiger partial charge >= 0.3 is 12.1 Å².